The molecule has 1 amide bonds. The quantitative estimate of drug-likeness (QED) is 0.377. The number of benzene rings is 2. The number of carbonyl (C=O) groups excluding carboxylic acids is 1. The number of nitro benzene ring substituents is 1. The third-order valence-corrected chi connectivity index (χ3v) is 5.42. The molecule has 0 fully saturated rings. The van der Waals surface area contributed by atoms with Crippen LogP contribution in [0.1, 0.15) is 10.4 Å². The zero-order valence-corrected chi connectivity index (χ0v) is 18.4. The fourth-order valence-corrected chi connectivity index (χ4v) is 4.04. The van der Waals surface area contributed by atoms with Crippen LogP contribution in [0.25, 0.3) is 10.2 Å². The molecule has 1 heterocycles. The van der Waals surface area contributed by atoms with Gasteiger partial charge in [0.2, 0.25) is 0 Å². The van der Waals surface area contributed by atoms with E-state index >= 15 is 0 Å². The number of aromatic nitrogens is 1. The van der Waals surface area contributed by atoms with Crippen LogP contribution < -0.4 is 4.90 Å². The summed E-state index contributed by atoms with van der Waals surface area (Å²) < 4.78 is 1.90. The Morgan fingerprint density at radius 3 is 2.64 bits per heavy atom. The molecule has 0 aliphatic rings. The number of halogens is 2. The first-order valence-electron chi connectivity index (χ1n) is 8.12. The standard InChI is InChI=1S/C18H17BrN4O3S.ClH/c1-21(2)8-9-22(17(24)12-4-3-5-14(10-12)23(25)26)18-20-15-7-6-13(19)11-16(15)27-18;/h3-7,10-11H,8-9H2,1-2H3;1H. The maximum Gasteiger partial charge on any atom is 0.270 e. The number of amides is 1. The van der Waals surface area contributed by atoms with Crippen molar-refractivity contribution in [3.8, 4) is 0 Å². The summed E-state index contributed by atoms with van der Waals surface area (Å²) in [5.74, 6) is -0.307. The van der Waals surface area contributed by atoms with Gasteiger partial charge in [-0.15, -0.1) is 12.4 Å². The van der Waals surface area contributed by atoms with E-state index < -0.39 is 4.92 Å². The maximum absolute atomic E-state index is 13.1. The average molecular weight is 486 g/mol. The van der Waals surface area contributed by atoms with Gasteiger partial charge in [-0.2, -0.15) is 0 Å². The first kappa shape index (κ1) is 22.2. The fraction of sp³-hybridized carbons (Fsp3) is 0.222. The van der Waals surface area contributed by atoms with Crippen LogP contribution in [0.3, 0.4) is 0 Å². The van der Waals surface area contributed by atoms with Crippen LogP contribution in [0.15, 0.2) is 46.9 Å². The Morgan fingerprint density at radius 1 is 1.21 bits per heavy atom. The molecule has 7 nitrogen and oxygen atoms in total. The third-order valence-electron chi connectivity index (χ3n) is 3.89. The lowest BCUT2D eigenvalue weighted by Gasteiger charge is -2.22. The molecule has 148 valence electrons. The zero-order chi connectivity index (χ0) is 19.6. The molecule has 2 aromatic carbocycles. The minimum absolute atomic E-state index is 0. The SMILES string of the molecule is CN(C)CCN(C(=O)c1cccc([N+](=O)[O-])c1)c1nc2ccc(Br)cc2s1.Cl. The van der Waals surface area contributed by atoms with Gasteiger partial charge in [0.25, 0.3) is 11.6 Å². The number of non-ortho nitro benzene ring substituents is 1. The molecule has 28 heavy (non-hydrogen) atoms. The number of anilines is 1. The molecular weight excluding hydrogens is 468 g/mol. The van der Waals surface area contributed by atoms with Crippen molar-refractivity contribution in [1.29, 1.82) is 0 Å². The molecule has 0 spiro atoms. The lowest BCUT2D eigenvalue weighted by atomic mass is 10.2. The van der Waals surface area contributed by atoms with Gasteiger partial charge in [0.1, 0.15) is 0 Å². The van der Waals surface area contributed by atoms with Crippen molar-refractivity contribution in [2.75, 3.05) is 32.1 Å². The first-order chi connectivity index (χ1) is 12.8. The van der Waals surface area contributed by atoms with Crippen LogP contribution in [-0.2, 0) is 0 Å². The van der Waals surface area contributed by atoms with Gasteiger partial charge in [-0.3, -0.25) is 19.8 Å². The molecule has 1 aromatic heterocycles. The van der Waals surface area contributed by atoms with Gasteiger partial charge in [0, 0.05) is 35.3 Å². The highest BCUT2D eigenvalue weighted by molar-refractivity contribution is 9.10. The van der Waals surface area contributed by atoms with Crippen LogP contribution in [0, 0.1) is 10.1 Å². The molecule has 0 atom stereocenters. The Kier molecular flexibility index (Phi) is 7.48. The number of nitro groups is 1. The molecule has 3 rings (SSSR count). The van der Waals surface area contributed by atoms with Gasteiger partial charge in [0.15, 0.2) is 5.13 Å². The van der Waals surface area contributed by atoms with E-state index in [-0.39, 0.29) is 29.6 Å². The summed E-state index contributed by atoms with van der Waals surface area (Å²) in [6, 6.07) is 11.5. The Morgan fingerprint density at radius 2 is 1.96 bits per heavy atom. The normalized spacial score (nSPS) is 10.7. The molecule has 0 radical (unpaired) electrons. The molecule has 0 aliphatic heterocycles. The highest BCUT2D eigenvalue weighted by atomic mass is 79.9. The third kappa shape index (κ3) is 5.05. The van der Waals surface area contributed by atoms with Crippen molar-refractivity contribution in [2.24, 2.45) is 0 Å². The molecule has 0 saturated carbocycles. The second kappa shape index (κ2) is 9.42. The summed E-state index contributed by atoms with van der Waals surface area (Å²) >= 11 is 4.86. The number of fused-ring (bicyclic) bond motifs is 1. The summed E-state index contributed by atoms with van der Waals surface area (Å²) in [5.41, 5.74) is 0.963. The number of hydrogen-bond acceptors (Lipinski definition) is 6. The molecule has 0 aliphatic carbocycles. The molecular formula is C18H18BrClN4O3S. The number of nitrogens with zero attached hydrogens (tertiary/aromatic N) is 4. The van der Waals surface area contributed by atoms with Gasteiger partial charge in [0.05, 0.1) is 15.1 Å². The Balaban J connectivity index is 0.00000280. The van der Waals surface area contributed by atoms with E-state index in [4.69, 9.17) is 0 Å². The van der Waals surface area contributed by atoms with E-state index in [9.17, 15) is 14.9 Å². The lowest BCUT2D eigenvalue weighted by molar-refractivity contribution is -0.384. The van der Waals surface area contributed by atoms with Crippen LogP contribution in [0.4, 0.5) is 10.8 Å². The Bertz CT molecular complexity index is 1010. The maximum atomic E-state index is 13.1. The molecule has 3 aromatic rings. The highest BCUT2D eigenvalue weighted by Gasteiger charge is 2.23. The molecule has 0 saturated heterocycles. The van der Waals surface area contributed by atoms with E-state index in [0.717, 1.165) is 14.7 Å². The van der Waals surface area contributed by atoms with Crippen molar-refractivity contribution in [3.63, 3.8) is 0 Å². The predicted octanol–water partition coefficient (Wildman–Crippen LogP) is 4.60. The summed E-state index contributed by atoms with van der Waals surface area (Å²) in [7, 11) is 3.84. The molecule has 0 N–H and O–H groups in total. The highest BCUT2D eigenvalue weighted by Crippen LogP contribution is 2.31. The minimum atomic E-state index is -0.504. The van der Waals surface area contributed by atoms with Crippen molar-refractivity contribution in [2.45, 2.75) is 0 Å². The second-order valence-electron chi connectivity index (χ2n) is 6.18. The zero-order valence-electron chi connectivity index (χ0n) is 15.2. The van der Waals surface area contributed by atoms with E-state index in [0.29, 0.717) is 18.2 Å². The van der Waals surface area contributed by atoms with Crippen molar-refractivity contribution in [3.05, 3.63) is 62.6 Å². The lowest BCUT2D eigenvalue weighted by Crippen LogP contribution is -2.36. The van der Waals surface area contributed by atoms with Crippen LogP contribution in [0.2, 0.25) is 0 Å². The van der Waals surface area contributed by atoms with E-state index in [1.807, 2.05) is 37.2 Å². The topological polar surface area (TPSA) is 79.6 Å². The summed E-state index contributed by atoms with van der Waals surface area (Å²) in [5, 5.41) is 11.6. The molecule has 0 unspecified atom stereocenters. The Hall–Kier alpha value is -2.07. The van der Waals surface area contributed by atoms with Crippen molar-refractivity contribution < 1.29 is 9.72 Å². The van der Waals surface area contributed by atoms with E-state index in [1.54, 1.807) is 11.0 Å². The number of rotatable bonds is 6. The van der Waals surface area contributed by atoms with Crippen LogP contribution in [0.5, 0.6) is 0 Å². The van der Waals surface area contributed by atoms with Gasteiger partial charge in [-0.25, -0.2) is 4.98 Å². The monoisotopic (exact) mass is 484 g/mol. The van der Waals surface area contributed by atoms with Crippen molar-refractivity contribution in [1.82, 2.24) is 9.88 Å². The first-order valence-corrected chi connectivity index (χ1v) is 9.73. The van der Waals surface area contributed by atoms with Gasteiger partial charge in [-0.05, 0) is 38.4 Å². The smallest absolute Gasteiger partial charge is 0.270 e. The second-order valence-corrected chi connectivity index (χ2v) is 8.10. The van der Waals surface area contributed by atoms with Crippen LogP contribution in [-0.4, -0.2) is 47.9 Å². The molecule has 10 heteroatoms. The van der Waals surface area contributed by atoms with Gasteiger partial charge < -0.3 is 4.90 Å². The predicted molar refractivity (Wildman–Crippen MR) is 118 cm³/mol. The number of thiazole rings is 1. The summed E-state index contributed by atoms with van der Waals surface area (Å²) in [6.07, 6.45) is 0. The van der Waals surface area contributed by atoms with Gasteiger partial charge in [-0.1, -0.05) is 33.3 Å². The summed E-state index contributed by atoms with van der Waals surface area (Å²) in [6.45, 7) is 1.07. The number of hydrogen-bond donors (Lipinski definition) is 0. The van der Waals surface area contributed by atoms with Gasteiger partial charge >= 0.3 is 0 Å². The number of carbonyl (C=O) groups is 1. The fourth-order valence-electron chi connectivity index (χ4n) is 2.49. The Labute approximate surface area is 180 Å². The average Bonchev–Trinajstić information content (AvgIpc) is 3.04. The van der Waals surface area contributed by atoms with Crippen molar-refractivity contribution >= 4 is 66.6 Å². The van der Waals surface area contributed by atoms with Crippen LogP contribution >= 0.6 is 39.7 Å². The minimum Gasteiger partial charge on any atom is -0.308 e. The number of likely N-dealkylation sites (N-methyl/N-ethyl adjacent to an activating group) is 1. The van der Waals surface area contributed by atoms with E-state index in [2.05, 4.69) is 20.9 Å². The largest absolute Gasteiger partial charge is 0.308 e. The van der Waals surface area contributed by atoms with E-state index in [1.165, 1.54) is 29.5 Å². The summed E-state index contributed by atoms with van der Waals surface area (Å²) in [4.78, 5) is 31.8. The molecule has 0 bridgehead atoms.